The van der Waals surface area contributed by atoms with Gasteiger partial charge in [-0.05, 0) is 6.42 Å². The molecule has 178 valence electrons. The predicted octanol–water partition coefficient (Wildman–Crippen LogP) is -1.72. The first-order valence-corrected chi connectivity index (χ1v) is 9.90. The van der Waals surface area contributed by atoms with Gasteiger partial charge in [-0.2, -0.15) is 0 Å². The lowest BCUT2D eigenvalue weighted by Gasteiger charge is -2.13. The minimum Gasteiger partial charge on any atom is -0.481 e. The Kier molecular flexibility index (Phi) is 12.2. The van der Waals surface area contributed by atoms with Crippen LogP contribution in [0.2, 0.25) is 0 Å². The molecule has 1 rings (SSSR count). The number of imide groups is 1. The van der Waals surface area contributed by atoms with Crippen molar-refractivity contribution in [2.45, 2.75) is 31.7 Å². The molecule has 4 amide bonds. The molecular weight excluding hydrogens is 430 g/mol. The van der Waals surface area contributed by atoms with Crippen LogP contribution in [-0.4, -0.2) is 96.2 Å². The lowest BCUT2D eigenvalue weighted by Crippen LogP contribution is -2.41. The van der Waals surface area contributed by atoms with Gasteiger partial charge < -0.3 is 30.3 Å². The van der Waals surface area contributed by atoms with Crippen molar-refractivity contribution in [1.82, 2.24) is 15.5 Å². The third-order valence-corrected chi connectivity index (χ3v) is 4.16. The molecule has 0 saturated carbocycles. The van der Waals surface area contributed by atoms with Crippen molar-refractivity contribution in [3.05, 3.63) is 12.2 Å². The summed E-state index contributed by atoms with van der Waals surface area (Å²) in [6.45, 7) is 0.855. The zero-order chi connectivity index (χ0) is 23.9. The van der Waals surface area contributed by atoms with Crippen molar-refractivity contribution in [2.24, 2.45) is 0 Å². The minimum absolute atomic E-state index is 0.00550. The minimum atomic E-state index is -1.31. The van der Waals surface area contributed by atoms with Gasteiger partial charge in [0.05, 0.1) is 26.4 Å². The Balaban J connectivity index is 1.99. The Morgan fingerprint density at radius 1 is 0.875 bits per heavy atom. The van der Waals surface area contributed by atoms with Crippen LogP contribution in [0.5, 0.6) is 0 Å². The second kappa shape index (κ2) is 14.6. The van der Waals surface area contributed by atoms with E-state index < -0.39 is 35.7 Å². The van der Waals surface area contributed by atoms with Gasteiger partial charge in [-0.1, -0.05) is 0 Å². The maximum atomic E-state index is 11.7. The van der Waals surface area contributed by atoms with Crippen molar-refractivity contribution < 1.29 is 48.5 Å². The first-order chi connectivity index (χ1) is 15.2. The van der Waals surface area contributed by atoms with Crippen LogP contribution in [0.25, 0.3) is 0 Å². The van der Waals surface area contributed by atoms with Gasteiger partial charge in [0.25, 0.3) is 11.8 Å². The maximum absolute atomic E-state index is 11.7. The van der Waals surface area contributed by atoms with Crippen LogP contribution in [0.15, 0.2) is 12.2 Å². The predicted molar refractivity (Wildman–Crippen MR) is 106 cm³/mol. The summed E-state index contributed by atoms with van der Waals surface area (Å²) in [5.41, 5.74) is 0. The third-order valence-electron chi connectivity index (χ3n) is 4.16. The van der Waals surface area contributed by atoms with Crippen LogP contribution < -0.4 is 10.6 Å². The summed E-state index contributed by atoms with van der Waals surface area (Å²) in [5.74, 6) is -4.24. The summed E-state index contributed by atoms with van der Waals surface area (Å²) in [4.78, 5) is 68.6. The highest BCUT2D eigenvalue weighted by molar-refractivity contribution is 6.13. The van der Waals surface area contributed by atoms with Gasteiger partial charge in [0, 0.05) is 44.5 Å². The molecule has 1 aliphatic rings. The fourth-order valence-corrected chi connectivity index (χ4v) is 2.49. The Hall–Kier alpha value is -3.32. The van der Waals surface area contributed by atoms with Crippen molar-refractivity contribution >= 4 is 35.6 Å². The van der Waals surface area contributed by atoms with E-state index in [0.717, 1.165) is 17.1 Å². The second-order valence-electron chi connectivity index (χ2n) is 6.63. The quantitative estimate of drug-likeness (QED) is 0.144. The van der Waals surface area contributed by atoms with E-state index in [-0.39, 0.29) is 71.1 Å². The molecule has 4 N–H and O–H groups in total. The lowest BCUT2D eigenvalue weighted by molar-refractivity contribution is -0.143. The molecule has 13 nitrogen and oxygen atoms in total. The second-order valence-corrected chi connectivity index (χ2v) is 6.63. The summed E-state index contributed by atoms with van der Waals surface area (Å²) in [5, 5.41) is 22.4. The van der Waals surface area contributed by atoms with Crippen LogP contribution in [0.3, 0.4) is 0 Å². The molecule has 0 radical (unpaired) electrons. The number of carbonyl (C=O) groups is 6. The van der Waals surface area contributed by atoms with Crippen LogP contribution >= 0.6 is 0 Å². The van der Waals surface area contributed by atoms with E-state index >= 15 is 0 Å². The van der Waals surface area contributed by atoms with E-state index in [1.54, 1.807) is 0 Å². The lowest BCUT2D eigenvalue weighted by atomic mass is 10.1. The number of ether oxygens (including phenoxy) is 2. The molecule has 1 atom stereocenters. The van der Waals surface area contributed by atoms with E-state index in [4.69, 9.17) is 19.7 Å². The highest BCUT2D eigenvalue weighted by Gasteiger charge is 2.23. The monoisotopic (exact) mass is 457 g/mol. The average Bonchev–Trinajstić information content (AvgIpc) is 3.05. The van der Waals surface area contributed by atoms with E-state index in [1.807, 2.05) is 0 Å². The highest BCUT2D eigenvalue weighted by Crippen LogP contribution is 2.04. The highest BCUT2D eigenvalue weighted by atomic mass is 16.5. The van der Waals surface area contributed by atoms with Crippen LogP contribution in [0.1, 0.15) is 25.7 Å². The summed E-state index contributed by atoms with van der Waals surface area (Å²) >= 11 is 0. The van der Waals surface area contributed by atoms with Crippen LogP contribution in [0, 0.1) is 0 Å². The molecule has 0 aromatic rings. The van der Waals surface area contributed by atoms with Gasteiger partial charge in [-0.3, -0.25) is 28.9 Å². The number of carboxylic acids is 2. The molecule has 0 fully saturated rings. The van der Waals surface area contributed by atoms with E-state index in [9.17, 15) is 28.8 Å². The van der Waals surface area contributed by atoms with E-state index in [2.05, 4.69) is 10.6 Å². The molecule has 1 unspecified atom stereocenters. The molecule has 1 aliphatic heterocycles. The first-order valence-electron chi connectivity index (χ1n) is 9.90. The number of amides is 4. The third kappa shape index (κ3) is 11.2. The van der Waals surface area contributed by atoms with Gasteiger partial charge in [0.1, 0.15) is 6.04 Å². The summed E-state index contributed by atoms with van der Waals surface area (Å²) < 4.78 is 10.4. The van der Waals surface area contributed by atoms with Crippen molar-refractivity contribution in [3.63, 3.8) is 0 Å². The molecule has 0 aromatic carbocycles. The van der Waals surface area contributed by atoms with Gasteiger partial charge >= 0.3 is 11.9 Å². The average molecular weight is 457 g/mol. The number of carbonyl (C=O) groups excluding carboxylic acids is 4. The van der Waals surface area contributed by atoms with Gasteiger partial charge in [0.15, 0.2) is 0 Å². The number of nitrogens with one attached hydrogen (secondary N) is 2. The Bertz CT molecular complexity index is 719. The number of rotatable bonds is 17. The van der Waals surface area contributed by atoms with E-state index in [0.29, 0.717) is 0 Å². The molecule has 13 heteroatoms. The standard InChI is InChI=1S/C19H27N3O10/c23-14(5-8-22-16(25)2-3-17(22)26)20-7-10-32-12-11-31-9-6-15(24)21-13(19(29)30)1-4-18(27)28/h2-3,13H,1,4-12H2,(H,20,23)(H,21,24)(H,27,28)(H,29,30). The normalized spacial score (nSPS) is 13.8. The van der Waals surface area contributed by atoms with Crippen molar-refractivity contribution in [3.8, 4) is 0 Å². The molecule has 0 bridgehead atoms. The van der Waals surface area contributed by atoms with E-state index in [1.165, 1.54) is 0 Å². The Morgan fingerprint density at radius 3 is 2.09 bits per heavy atom. The number of hydrogen-bond acceptors (Lipinski definition) is 8. The topological polar surface area (TPSA) is 189 Å². The number of aliphatic carboxylic acids is 2. The largest absolute Gasteiger partial charge is 0.481 e. The molecule has 1 heterocycles. The van der Waals surface area contributed by atoms with Crippen LogP contribution in [0.4, 0.5) is 0 Å². The smallest absolute Gasteiger partial charge is 0.326 e. The molecule has 0 saturated heterocycles. The summed E-state index contributed by atoms with van der Waals surface area (Å²) in [6, 6.07) is -1.27. The molecule has 0 aliphatic carbocycles. The molecule has 0 spiro atoms. The SMILES string of the molecule is O=C(O)CCC(NC(=O)CCOCCOCCNC(=O)CCN1C(=O)C=CC1=O)C(=O)O. The van der Waals surface area contributed by atoms with Gasteiger partial charge in [0.2, 0.25) is 11.8 Å². The summed E-state index contributed by atoms with van der Waals surface area (Å²) in [7, 11) is 0. The summed E-state index contributed by atoms with van der Waals surface area (Å²) in [6.07, 6.45) is 1.61. The van der Waals surface area contributed by atoms with Crippen LogP contribution in [-0.2, 0) is 38.2 Å². The zero-order valence-electron chi connectivity index (χ0n) is 17.4. The van der Waals surface area contributed by atoms with Gasteiger partial charge in [-0.25, -0.2) is 4.79 Å². The van der Waals surface area contributed by atoms with Crippen molar-refractivity contribution in [2.75, 3.05) is 39.5 Å². The fraction of sp³-hybridized carbons (Fsp3) is 0.579. The molecular formula is C19H27N3O10. The first kappa shape index (κ1) is 26.7. The maximum Gasteiger partial charge on any atom is 0.326 e. The fourth-order valence-electron chi connectivity index (χ4n) is 2.49. The van der Waals surface area contributed by atoms with Gasteiger partial charge in [-0.15, -0.1) is 0 Å². The number of carboxylic acid groups (broad SMARTS) is 2. The Labute approximate surface area is 183 Å². The van der Waals surface area contributed by atoms with Crippen molar-refractivity contribution in [1.29, 1.82) is 0 Å². The zero-order valence-corrected chi connectivity index (χ0v) is 17.4. The number of hydrogen-bond donors (Lipinski definition) is 4. The molecule has 32 heavy (non-hydrogen) atoms. The Morgan fingerprint density at radius 2 is 1.50 bits per heavy atom. The number of nitrogens with zero attached hydrogens (tertiary/aromatic N) is 1. The molecule has 0 aromatic heterocycles.